The lowest BCUT2D eigenvalue weighted by Gasteiger charge is -2.28. The number of aryl methyl sites for hydroxylation is 1. The Bertz CT molecular complexity index is 1070. The van der Waals surface area contributed by atoms with Crippen LogP contribution in [0, 0.1) is 6.92 Å². The lowest BCUT2D eigenvalue weighted by atomic mass is 10.0. The van der Waals surface area contributed by atoms with E-state index in [9.17, 15) is 4.79 Å². The third-order valence-electron chi connectivity index (χ3n) is 6.44. The van der Waals surface area contributed by atoms with Crippen molar-refractivity contribution >= 4 is 28.6 Å². The van der Waals surface area contributed by atoms with Crippen molar-refractivity contribution in [2.45, 2.75) is 19.8 Å². The number of anilines is 2. The zero-order valence-corrected chi connectivity index (χ0v) is 19.1. The van der Waals surface area contributed by atoms with E-state index in [4.69, 9.17) is 0 Å². The van der Waals surface area contributed by atoms with Crippen LogP contribution in [0.5, 0.6) is 0 Å². The molecule has 1 saturated heterocycles. The number of thiophene rings is 1. The number of fused-ring (bicyclic) bond motifs is 1. The van der Waals surface area contributed by atoms with E-state index in [2.05, 4.69) is 78.4 Å². The molecule has 31 heavy (non-hydrogen) atoms. The summed E-state index contributed by atoms with van der Waals surface area (Å²) >= 11 is 1.63. The second kappa shape index (κ2) is 8.48. The van der Waals surface area contributed by atoms with E-state index < -0.39 is 0 Å². The molecule has 2 aliphatic heterocycles. The number of amides is 1. The third-order valence-corrected chi connectivity index (χ3v) is 7.65. The van der Waals surface area contributed by atoms with Crippen molar-refractivity contribution in [3.8, 4) is 10.4 Å². The van der Waals surface area contributed by atoms with Crippen molar-refractivity contribution in [1.82, 2.24) is 4.90 Å². The van der Waals surface area contributed by atoms with Crippen molar-refractivity contribution in [3.63, 3.8) is 0 Å². The van der Waals surface area contributed by atoms with Crippen LogP contribution in [0.1, 0.15) is 27.2 Å². The van der Waals surface area contributed by atoms with Gasteiger partial charge in [-0.3, -0.25) is 4.79 Å². The van der Waals surface area contributed by atoms with Crippen LogP contribution < -0.4 is 9.80 Å². The summed E-state index contributed by atoms with van der Waals surface area (Å²) in [4.78, 5) is 22.2. The van der Waals surface area contributed by atoms with E-state index in [0.29, 0.717) is 0 Å². The Kier molecular flexibility index (Phi) is 5.55. The van der Waals surface area contributed by atoms with Gasteiger partial charge in [-0.25, -0.2) is 0 Å². The molecule has 1 fully saturated rings. The Morgan fingerprint density at radius 2 is 1.58 bits per heavy atom. The van der Waals surface area contributed by atoms with Gasteiger partial charge >= 0.3 is 0 Å². The highest BCUT2D eigenvalue weighted by atomic mass is 32.1. The monoisotopic (exact) mass is 431 g/mol. The van der Waals surface area contributed by atoms with Crippen LogP contribution in [0.15, 0.2) is 54.6 Å². The molecule has 0 saturated carbocycles. The summed E-state index contributed by atoms with van der Waals surface area (Å²) in [5.41, 5.74) is 5.88. The van der Waals surface area contributed by atoms with Crippen molar-refractivity contribution in [1.29, 1.82) is 0 Å². The smallest absolute Gasteiger partial charge is 0.268 e. The number of likely N-dealkylation sites (N-methyl/N-ethyl adjacent to an activating group) is 1. The standard InChI is InChI=1S/C26H29N3OS/c1-19-4-6-20(7-5-19)24-18-21-12-15-29(26(30)25(21)31-24)23-10-8-22(9-11-23)28-14-3-13-27(2)16-17-28/h4-11,18H,3,12-17H2,1-2H3. The molecule has 160 valence electrons. The van der Waals surface area contributed by atoms with Crippen molar-refractivity contribution < 1.29 is 4.79 Å². The maximum absolute atomic E-state index is 13.3. The maximum atomic E-state index is 13.3. The van der Waals surface area contributed by atoms with Gasteiger partial charge < -0.3 is 14.7 Å². The number of rotatable bonds is 3. The van der Waals surface area contributed by atoms with Gasteiger partial charge in [0.1, 0.15) is 0 Å². The van der Waals surface area contributed by atoms with Gasteiger partial charge in [-0.2, -0.15) is 0 Å². The fourth-order valence-corrected chi connectivity index (χ4v) is 5.67. The first kappa shape index (κ1) is 20.3. The van der Waals surface area contributed by atoms with Gasteiger partial charge in [0.15, 0.2) is 0 Å². The van der Waals surface area contributed by atoms with Crippen molar-refractivity contribution in [3.05, 3.63) is 70.6 Å². The first-order valence-electron chi connectivity index (χ1n) is 11.1. The van der Waals surface area contributed by atoms with Gasteiger partial charge in [-0.05, 0) is 74.8 Å². The third kappa shape index (κ3) is 4.12. The van der Waals surface area contributed by atoms with Crippen molar-refractivity contribution in [2.75, 3.05) is 49.6 Å². The molecular weight excluding hydrogens is 402 g/mol. The molecule has 0 aliphatic carbocycles. The number of benzene rings is 2. The molecular formula is C26H29N3OS. The molecule has 0 N–H and O–H groups in total. The molecule has 0 radical (unpaired) electrons. The Morgan fingerprint density at radius 1 is 0.839 bits per heavy atom. The van der Waals surface area contributed by atoms with Gasteiger partial charge in [-0.1, -0.05) is 29.8 Å². The summed E-state index contributed by atoms with van der Waals surface area (Å²) < 4.78 is 0. The van der Waals surface area contributed by atoms with Gasteiger partial charge in [0, 0.05) is 42.4 Å². The molecule has 3 aromatic rings. The summed E-state index contributed by atoms with van der Waals surface area (Å²) in [6.45, 7) is 7.23. The van der Waals surface area contributed by atoms with E-state index in [-0.39, 0.29) is 5.91 Å². The Hall–Kier alpha value is -2.63. The van der Waals surface area contributed by atoms with E-state index >= 15 is 0 Å². The van der Waals surface area contributed by atoms with E-state index in [1.807, 2.05) is 4.90 Å². The number of nitrogens with zero attached hydrogens (tertiary/aromatic N) is 3. The van der Waals surface area contributed by atoms with E-state index in [1.54, 1.807) is 11.3 Å². The molecule has 0 bridgehead atoms. The zero-order chi connectivity index (χ0) is 21.4. The molecule has 0 atom stereocenters. The molecule has 0 spiro atoms. The predicted molar refractivity (Wildman–Crippen MR) is 131 cm³/mol. The molecule has 2 aromatic carbocycles. The normalized spacial score (nSPS) is 17.5. The molecule has 0 unspecified atom stereocenters. The van der Waals surface area contributed by atoms with Crippen LogP contribution >= 0.6 is 11.3 Å². The highest BCUT2D eigenvalue weighted by molar-refractivity contribution is 7.17. The number of carbonyl (C=O) groups excluding carboxylic acids is 1. The topological polar surface area (TPSA) is 26.8 Å². The largest absolute Gasteiger partial charge is 0.370 e. The molecule has 5 rings (SSSR count). The van der Waals surface area contributed by atoms with Gasteiger partial charge in [0.2, 0.25) is 0 Å². The van der Waals surface area contributed by atoms with Crippen molar-refractivity contribution in [2.24, 2.45) is 0 Å². The predicted octanol–water partition coefficient (Wildman–Crippen LogP) is 5.07. The Morgan fingerprint density at radius 3 is 2.35 bits per heavy atom. The lowest BCUT2D eigenvalue weighted by Crippen LogP contribution is -2.36. The minimum absolute atomic E-state index is 0.133. The second-order valence-electron chi connectivity index (χ2n) is 8.70. The van der Waals surface area contributed by atoms with Crippen LogP contribution in [0.4, 0.5) is 11.4 Å². The fourth-order valence-electron chi connectivity index (χ4n) is 4.51. The highest BCUT2D eigenvalue weighted by Gasteiger charge is 2.28. The van der Waals surface area contributed by atoms with E-state index in [1.165, 1.54) is 33.7 Å². The SMILES string of the molecule is Cc1ccc(-c2cc3c(s2)C(=O)N(c2ccc(N4CCCN(C)CC4)cc2)CC3)cc1. The van der Waals surface area contributed by atoms with Gasteiger partial charge in [0.05, 0.1) is 4.88 Å². The number of carbonyl (C=O) groups is 1. The Balaban J connectivity index is 1.34. The average molecular weight is 432 g/mol. The van der Waals surface area contributed by atoms with Crippen LogP contribution in [-0.4, -0.2) is 50.6 Å². The summed E-state index contributed by atoms with van der Waals surface area (Å²) in [6, 6.07) is 19.3. The highest BCUT2D eigenvalue weighted by Crippen LogP contribution is 2.36. The minimum Gasteiger partial charge on any atom is -0.370 e. The van der Waals surface area contributed by atoms with Crippen LogP contribution in [0.25, 0.3) is 10.4 Å². The Labute approximate surface area is 188 Å². The van der Waals surface area contributed by atoms with E-state index in [0.717, 1.165) is 49.7 Å². The summed E-state index contributed by atoms with van der Waals surface area (Å²) in [7, 11) is 2.19. The molecule has 3 heterocycles. The quantitative estimate of drug-likeness (QED) is 0.579. The molecule has 4 nitrogen and oxygen atoms in total. The van der Waals surface area contributed by atoms with Gasteiger partial charge in [0.25, 0.3) is 5.91 Å². The second-order valence-corrected chi connectivity index (χ2v) is 9.75. The van der Waals surface area contributed by atoms with Crippen LogP contribution in [0.3, 0.4) is 0 Å². The molecule has 5 heteroatoms. The van der Waals surface area contributed by atoms with Gasteiger partial charge in [-0.15, -0.1) is 11.3 Å². The minimum atomic E-state index is 0.133. The maximum Gasteiger partial charge on any atom is 0.268 e. The van der Waals surface area contributed by atoms with Crippen LogP contribution in [0.2, 0.25) is 0 Å². The summed E-state index contributed by atoms with van der Waals surface area (Å²) in [6.07, 6.45) is 2.09. The number of hydrogen-bond donors (Lipinski definition) is 0. The first-order valence-corrected chi connectivity index (χ1v) is 12.0. The molecule has 1 aromatic heterocycles. The molecule has 1 amide bonds. The fraction of sp³-hybridized carbons (Fsp3) is 0.346. The average Bonchev–Trinajstić information content (AvgIpc) is 3.11. The summed E-state index contributed by atoms with van der Waals surface area (Å²) in [5, 5.41) is 0. The first-order chi connectivity index (χ1) is 15.1. The zero-order valence-electron chi connectivity index (χ0n) is 18.3. The lowest BCUT2D eigenvalue weighted by molar-refractivity contribution is 0.0985. The summed E-state index contributed by atoms with van der Waals surface area (Å²) in [5.74, 6) is 0.133. The van der Waals surface area contributed by atoms with Crippen LogP contribution in [-0.2, 0) is 6.42 Å². The molecule has 2 aliphatic rings. The number of hydrogen-bond acceptors (Lipinski definition) is 4.